The Balaban J connectivity index is 1.37. The van der Waals surface area contributed by atoms with Gasteiger partial charge in [-0.05, 0) is 50.2 Å². The van der Waals surface area contributed by atoms with E-state index >= 15 is 0 Å². The highest BCUT2D eigenvalue weighted by atomic mass is 16.6. The summed E-state index contributed by atoms with van der Waals surface area (Å²) in [5.74, 6) is 1.73. The van der Waals surface area contributed by atoms with Crippen LogP contribution >= 0.6 is 0 Å². The van der Waals surface area contributed by atoms with Gasteiger partial charge >= 0.3 is 5.63 Å². The lowest BCUT2D eigenvalue weighted by atomic mass is 10.1. The van der Waals surface area contributed by atoms with Crippen LogP contribution in [0.4, 0.5) is 0 Å². The fourth-order valence-electron chi connectivity index (χ4n) is 3.97. The van der Waals surface area contributed by atoms with Crippen LogP contribution in [0.3, 0.4) is 0 Å². The van der Waals surface area contributed by atoms with Gasteiger partial charge in [0, 0.05) is 46.2 Å². The molecule has 0 spiro atoms. The number of rotatable bonds is 5. The van der Waals surface area contributed by atoms with E-state index in [9.17, 15) is 9.59 Å². The van der Waals surface area contributed by atoms with Crippen molar-refractivity contribution >= 4 is 16.8 Å². The number of aromatic nitrogens is 1. The maximum absolute atomic E-state index is 12.9. The summed E-state index contributed by atoms with van der Waals surface area (Å²) in [7, 11) is 0. The molecule has 2 aromatic heterocycles. The Labute approximate surface area is 183 Å². The first-order chi connectivity index (χ1) is 15.5. The molecule has 7 nitrogen and oxygen atoms in total. The van der Waals surface area contributed by atoms with E-state index in [1.165, 1.54) is 6.07 Å². The van der Waals surface area contributed by atoms with Gasteiger partial charge in [-0.1, -0.05) is 0 Å². The molecule has 0 radical (unpaired) electrons. The molecule has 162 valence electrons. The second-order valence-electron chi connectivity index (χ2n) is 7.61. The first-order valence-electron chi connectivity index (χ1n) is 10.3. The molecule has 1 aliphatic heterocycles. The summed E-state index contributed by atoms with van der Waals surface area (Å²) in [6, 6.07) is 15.8. The number of hydrogen-bond donors (Lipinski definition) is 0. The first kappa shape index (κ1) is 19.9. The van der Waals surface area contributed by atoms with Crippen molar-refractivity contribution < 1.29 is 23.4 Å². The number of carbonyl (C=O) groups excluding carboxylic acids is 1. The lowest BCUT2D eigenvalue weighted by molar-refractivity contribution is 0.0921. The number of carbonyl (C=O) groups is 1. The lowest BCUT2D eigenvalue weighted by Crippen LogP contribution is -2.15. The van der Waals surface area contributed by atoms with Crippen LogP contribution in [0.5, 0.6) is 17.2 Å². The van der Waals surface area contributed by atoms with Crippen molar-refractivity contribution in [3.05, 3.63) is 82.0 Å². The van der Waals surface area contributed by atoms with Gasteiger partial charge in [0.1, 0.15) is 24.5 Å². The van der Waals surface area contributed by atoms with E-state index in [1.54, 1.807) is 24.3 Å². The molecule has 2 aromatic carbocycles. The van der Waals surface area contributed by atoms with Crippen molar-refractivity contribution in [3.63, 3.8) is 0 Å². The third-order valence-corrected chi connectivity index (χ3v) is 5.48. The predicted molar refractivity (Wildman–Crippen MR) is 119 cm³/mol. The van der Waals surface area contributed by atoms with E-state index in [-0.39, 0.29) is 12.4 Å². The predicted octanol–water partition coefficient (Wildman–Crippen LogP) is 4.23. The van der Waals surface area contributed by atoms with Gasteiger partial charge in [-0.3, -0.25) is 4.79 Å². The number of aryl methyl sites for hydroxylation is 1. The molecule has 0 saturated heterocycles. The Morgan fingerprint density at radius 2 is 1.75 bits per heavy atom. The van der Waals surface area contributed by atoms with E-state index in [0.717, 1.165) is 28.2 Å². The molecule has 0 saturated carbocycles. The van der Waals surface area contributed by atoms with E-state index in [4.69, 9.17) is 18.6 Å². The molecule has 4 aromatic rings. The van der Waals surface area contributed by atoms with Gasteiger partial charge in [-0.15, -0.1) is 0 Å². The number of Topliss-reactive ketones (excluding diaryl/α,β-unsaturated/α-hetero) is 1. The Bertz CT molecular complexity index is 1400. The largest absolute Gasteiger partial charge is 0.486 e. The third kappa shape index (κ3) is 3.62. The van der Waals surface area contributed by atoms with Crippen LogP contribution in [0, 0.1) is 13.8 Å². The molecule has 5 rings (SSSR count). The van der Waals surface area contributed by atoms with Gasteiger partial charge < -0.3 is 23.2 Å². The Morgan fingerprint density at radius 1 is 0.969 bits per heavy atom. The Morgan fingerprint density at radius 3 is 2.59 bits per heavy atom. The minimum atomic E-state index is -0.433. The lowest BCUT2D eigenvalue weighted by Gasteiger charge is -2.20. The molecule has 0 fully saturated rings. The van der Waals surface area contributed by atoms with E-state index in [1.807, 2.05) is 42.7 Å². The van der Waals surface area contributed by atoms with Gasteiger partial charge in [0.15, 0.2) is 18.1 Å². The van der Waals surface area contributed by atoms with Crippen molar-refractivity contribution in [2.75, 3.05) is 19.8 Å². The highest BCUT2D eigenvalue weighted by molar-refractivity contribution is 5.99. The smallest absolute Gasteiger partial charge is 0.336 e. The van der Waals surface area contributed by atoms with Crippen LogP contribution in [0.2, 0.25) is 0 Å². The zero-order valence-corrected chi connectivity index (χ0v) is 17.7. The number of nitrogens with zero attached hydrogens (tertiary/aromatic N) is 1. The van der Waals surface area contributed by atoms with Gasteiger partial charge in [-0.2, -0.15) is 0 Å². The molecule has 0 bridgehead atoms. The van der Waals surface area contributed by atoms with Crippen molar-refractivity contribution in [2.45, 2.75) is 13.8 Å². The van der Waals surface area contributed by atoms with Gasteiger partial charge in [0.05, 0.1) is 0 Å². The summed E-state index contributed by atoms with van der Waals surface area (Å²) < 4.78 is 24.2. The van der Waals surface area contributed by atoms with E-state index < -0.39 is 5.63 Å². The molecular formula is C25H21NO6. The SMILES string of the molecule is Cc1cc(C(=O)COc2ccc3ccc(=O)oc3c2)c(C)n1-c1ccc2c(c1)OCCO2. The number of ketones is 1. The number of benzene rings is 2. The average Bonchev–Trinajstić information content (AvgIpc) is 3.10. The molecule has 1 aliphatic rings. The summed E-state index contributed by atoms with van der Waals surface area (Å²) in [5.41, 5.74) is 3.21. The molecule has 0 atom stereocenters. The summed E-state index contributed by atoms with van der Waals surface area (Å²) in [6.07, 6.45) is 0. The van der Waals surface area contributed by atoms with Crippen LogP contribution in [-0.4, -0.2) is 30.2 Å². The monoisotopic (exact) mass is 431 g/mol. The Kier molecular flexibility index (Phi) is 4.93. The fraction of sp³-hybridized carbons (Fsp3) is 0.200. The van der Waals surface area contributed by atoms with E-state index in [0.29, 0.717) is 35.9 Å². The van der Waals surface area contributed by atoms with Crippen molar-refractivity contribution in [1.29, 1.82) is 0 Å². The topological polar surface area (TPSA) is 79.9 Å². The number of hydrogen-bond acceptors (Lipinski definition) is 6. The minimum absolute atomic E-state index is 0.131. The number of ether oxygens (including phenoxy) is 3. The Hall–Kier alpha value is -4.00. The van der Waals surface area contributed by atoms with Crippen molar-refractivity contribution in [2.24, 2.45) is 0 Å². The van der Waals surface area contributed by atoms with E-state index in [2.05, 4.69) is 0 Å². The normalized spacial score (nSPS) is 12.7. The summed E-state index contributed by atoms with van der Waals surface area (Å²) >= 11 is 0. The van der Waals surface area contributed by atoms with Crippen LogP contribution in [0.15, 0.2) is 63.8 Å². The fourth-order valence-corrected chi connectivity index (χ4v) is 3.97. The summed E-state index contributed by atoms with van der Waals surface area (Å²) in [5, 5.41) is 0.784. The summed E-state index contributed by atoms with van der Waals surface area (Å²) in [6.45, 7) is 4.78. The maximum Gasteiger partial charge on any atom is 0.336 e. The van der Waals surface area contributed by atoms with Gasteiger partial charge in [-0.25, -0.2) is 4.79 Å². The minimum Gasteiger partial charge on any atom is -0.486 e. The first-order valence-corrected chi connectivity index (χ1v) is 10.3. The van der Waals surface area contributed by atoms with Crippen LogP contribution in [0.1, 0.15) is 21.7 Å². The molecule has 3 heterocycles. The second kappa shape index (κ2) is 7.92. The highest BCUT2D eigenvalue weighted by Gasteiger charge is 2.19. The second-order valence-corrected chi connectivity index (χ2v) is 7.61. The molecular weight excluding hydrogens is 410 g/mol. The highest BCUT2D eigenvalue weighted by Crippen LogP contribution is 2.33. The van der Waals surface area contributed by atoms with Crippen LogP contribution in [-0.2, 0) is 0 Å². The van der Waals surface area contributed by atoms with Gasteiger partial charge in [0.2, 0.25) is 5.78 Å². The zero-order valence-electron chi connectivity index (χ0n) is 17.7. The molecule has 0 unspecified atom stereocenters. The zero-order chi connectivity index (χ0) is 22.2. The number of fused-ring (bicyclic) bond motifs is 2. The molecule has 0 amide bonds. The standard InChI is InChI=1S/C25H21NO6/c1-15-11-20(16(2)26(15)18-5-7-22-24(12-18)30-10-9-29-22)21(27)14-31-19-6-3-17-4-8-25(28)32-23(17)13-19/h3-8,11-13H,9-10,14H2,1-2H3. The molecule has 7 heteroatoms. The molecule has 32 heavy (non-hydrogen) atoms. The third-order valence-electron chi connectivity index (χ3n) is 5.48. The molecule has 0 aliphatic carbocycles. The van der Waals surface area contributed by atoms with Crippen LogP contribution in [0.25, 0.3) is 16.7 Å². The quantitative estimate of drug-likeness (QED) is 0.348. The summed E-state index contributed by atoms with van der Waals surface area (Å²) in [4.78, 5) is 24.4. The van der Waals surface area contributed by atoms with Gasteiger partial charge in [0.25, 0.3) is 0 Å². The molecule has 0 N–H and O–H groups in total. The average molecular weight is 431 g/mol. The van der Waals surface area contributed by atoms with Crippen molar-refractivity contribution in [3.8, 4) is 22.9 Å². The van der Waals surface area contributed by atoms with Crippen molar-refractivity contribution in [1.82, 2.24) is 4.57 Å². The maximum atomic E-state index is 12.9. The van der Waals surface area contributed by atoms with Crippen LogP contribution < -0.4 is 19.8 Å².